The van der Waals surface area contributed by atoms with Gasteiger partial charge in [0.05, 0.1) is 5.60 Å². The highest BCUT2D eigenvalue weighted by Crippen LogP contribution is 2.28. The quantitative estimate of drug-likeness (QED) is 0.781. The van der Waals surface area contributed by atoms with E-state index in [-0.39, 0.29) is 23.7 Å². The maximum absolute atomic E-state index is 12.1. The molecule has 1 aromatic heterocycles. The number of pyridine rings is 1. The molecule has 17 heavy (non-hydrogen) atoms. The van der Waals surface area contributed by atoms with Gasteiger partial charge in [-0.3, -0.25) is 0 Å². The number of β-amino-alcohol motifs (C(OH)–C–C–N with tert-alkyl or cyclic N) is 1. The summed E-state index contributed by atoms with van der Waals surface area (Å²) in [6, 6.07) is 4.55. The van der Waals surface area contributed by atoms with Gasteiger partial charge in [-0.15, -0.1) is 0 Å². The molecule has 0 atom stereocenters. The Morgan fingerprint density at radius 1 is 1.59 bits per heavy atom. The number of nitrogens with zero attached hydrogens (tertiary/aromatic N) is 3. The summed E-state index contributed by atoms with van der Waals surface area (Å²) in [6.45, 7) is 1.64. The summed E-state index contributed by atoms with van der Waals surface area (Å²) >= 11 is 0. The molecule has 0 radical (unpaired) electrons. The third-order valence-electron chi connectivity index (χ3n) is 2.53. The fourth-order valence-electron chi connectivity index (χ4n) is 1.71. The van der Waals surface area contributed by atoms with E-state index in [1.807, 2.05) is 0 Å². The van der Waals surface area contributed by atoms with Gasteiger partial charge in [0.1, 0.15) is 11.0 Å². The molecular weight excluding hydrogens is 242 g/mol. The minimum absolute atomic E-state index is 0.0368. The molecule has 6 nitrogen and oxygen atoms in total. The number of nitriles is 1. The molecular formula is C10H11N3O3S. The van der Waals surface area contributed by atoms with Gasteiger partial charge in [0, 0.05) is 19.3 Å². The second-order valence-electron chi connectivity index (χ2n) is 4.23. The van der Waals surface area contributed by atoms with Gasteiger partial charge in [-0.1, -0.05) is 0 Å². The van der Waals surface area contributed by atoms with E-state index in [9.17, 15) is 13.5 Å². The summed E-state index contributed by atoms with van der Waals surface area (Å²) in [5, 5.41) is 18.3. The molecule has 0 saturated carbocycles. The molecule has 1 saturated heterocycles. The van der Waals surface area contributed by atoms with Crippen LogP contribution in [-0.4, -0.2) is 41.5 Å². The maximum atomic E-state index is 12.1. The molecule has 1 aliphatic heterocycles. The van der Waals surface area contributed by atoms with Crippen molar-refractivity contribution in [1.29, 1.82) is 5.26 Å². The van der Waals surface area contributed by atoms with Crippen LogP contribution in [0.4, 0.5) is 0 Å². The summed E-state index contributed by atoms with van der Waals surface area (Å²) in [7, 11) is -3.73. The molecule has 0 unspecified atom stereocenters. The zero-order valence-electron chi connectivity index (χ0n) is 9.16. The zero-order valence-corrected chi connectivity index (χ0v) is 9.98. The normalized spacial score (nSPS) is 19.4. The van der Waals surface area contributed by atoms with Gasteiger partial charge in [-0.05, 0) is 19.1 Å². The average Bonchev–Trinajstić information content (AvgIpc) is 2.25. The average molecular weight is 253 g/mol. The number of hydrogen-bond acceptors (Lipinski definition) is 5. The second-order valence-corrected chi connectivity index (χ2v) is 6.14. The third kappa shape index (κ3) is 2.02. The van der Waals surface area contributed by atoms with E-state index in [1.54, 1.807) is 13.0 Å². The monoisotopic (exact) mass is 253 g/mol. The minimum Gasteiger partial charge on any atom is -0.387 e. The largest absolute Gasteiger partial charge is 0.387 e. The maximum Gasteiger partial charge on any atom is 0.246 e. The van der Waals surface area contributed by atoms with Crippen molar-refractivity contribution >= 4 is 10.0 Å². The highest BCUT2D eigenvalue weighted by Gasteiger charge is 2.44. The first-order chi connectivity index (χ1) is 7.87. The first kappa shape index (κ1) is 12.0. The molecule has 1 aromatic rings. The molecule has 0 spiro atoms. The molecule has 2 rings (SSSR count). The Kier molecular flexibility index (Phi) is 2.66. The third-order valence-corrected chi connectivity index (χ3v) is 4.35. The van der Waals surface area contributed by atoms with E-state index in [0.29, 0.717) is 0 Å². The van der Waals surface area contributed by atoms with Crippen LogP contribution in [0, 0.1) is 11.3 Å². The highest BCUT2D eigenvalue weighted by molar-refractivity contribution is 7.89. The van der Waals surface area contributed by atoms with Crippen molar-refractivity contribution in [2.75, 3.05) is 13.1 Å². The Morgan fingerprint density at radius 3 is 2.76 bits per heavy atom. The summed E-state index contributed by atoms with van der Waals surface area (Å²) < 4.78 is 25.3. The van der Waals surface area contributed by atoms with Gasteiger partial charge in [0.25, 0.3) is 0 Å². The van der Waals surface area contributed by atoms with Crippen LogP contribution in [0.15, 0.2) is 23.2 Å². The lowest BCUT2D eigenvalue weighted by Crippen LogP contribution is -2.61. The zero-order chi connectivity index (χ0) is 12.7. The second kappa shape index (κ2) is 3.77. The van der Waals surface area contributed by atoms with Gasteiger partial charge in [-0.2, -0.15) is 9.57 Å². The Morgan fingerprint density at radius 2 is 2.24 bits per heavy atom. The molecule has 1 fully saturated rings. The lowest BCUT2D eigenvalue weighted by atomic mass is 10.0. The molecule has 1 N–H and O–H groups in total. The van der Waals surface area contributed by atoms with Crippen LogP contribution in [0.2, 0.25) is 0 Å². The minimum atomic E-state index is -3.73. The lowest BCUT2D eigenvalue weighted by molar-refractivity contribution is -0.0426. The predicted octanol–water partition coefficient (Wildman–Crippen LogP) is -0.291. The van der Waals surface area contributed by atoms with Crippen molar-refractivity contribution in [2.45, 2.75) is 17.4 Å². The van der Waals surface area contributed by atoms with E-state index in [1.165, 1.54) is 18.3 Å². The van der Waals surface area contributed by atoms with Crippen LogP contribution in [0.5, 0.6) is 0 Å². The van der Waals surface area contributed by atoms with Crippen molar-refractivity contribution in [3.05, 3.63) is 24.0 Å². The van der Waals surface area contributed by atoms with E-state index >= 15 is 0 Å². The van der Waals surface area contributed by atoms with Gasteiger partial charge in [0.2, 0.25) is 10.0 Å². The first-order valence-corrected chi connectivity index (χ1v) is 6.38. The summed E-state index contributed by atoms with van der Waals surface area (Å²) in [4.78, 5) is 3.60. The summed E-state index contributed by atoms with van der Waals surface area (Å²) in [6.07, 6.45) is 1.36. The molecule has 1 aliphatic rings. The van der Waals surface area contributed by atoms with Crippen molar-refractivity contribution in [1.82, 2.24) is 9.29 Å². The molecule has 0 bridgehead atoms. The number of hydrogen-bond donors (Lipinski definition) is 1. The number of aliphatic hydroxyl groups is 1. The van der Waals surface area contributed by atoms with Crippen LogP contribution in [-0.2, 0) is 10.0 Å². The van der Waals surface area contributed by atoms with Crippen molar-refractivity contribution < 1.29 is 13.5 Å². The predicted molar refractivity (Wildman–Crippen MR) is 58.3 cm³/mol. The number of sulfonamides is 1. The summed E-state index contributed by atoms with van der Waals surface area (Å²) in [5.41, 5.74) is -1.11. The van der Waals surface area contributed by atoms with Gasteiger partial charge in [-0.25, -0.2) is 13.4 Å². The Labute approximate surface area is 99.2 Å². The molecule has 0 aromatic carbocycles. The molecule has 0 amide bonds. The van der Waals surface area contributed by atoms with E-state index in [4.69, 9.17) is 5.26 Å². The van der Waals surface area contributed by atoms with Crippen LogP contribution < -0.4 is 0 Å². The fraction of sp³-hybridized carbons (Fsp3) is 0.400. The van der Waals surface area contributed by atoms with Crippen molar-refractivity contribution in [3.63, 3.8) is 0 Å². The molecule has 7 heteroatoms. The van der Waals surface area contributed by atoms with Crippen LogP contribution in [0.3, 0.4) is 0 Å². The molecule has 0 aliphatic carbocycles. The summed E-state index contributed by atoms with van der Waals surface area (Å²) in [5.74, 6) is 0. The van der Waals surface area contributed by atoms with Crippen molar-refractivity contribution in [3.8, 4) is 6.07 Å². The van der Waals surface area contributed by atoms with Gasteiger partial charge >= 0.3 is 0 Å². The van der Waals surface area contributed by atoms with E-state index in [2.05, 4.69) is 4.98 Å². The van der Waals surface area contributed by atoms with Gasteiger partial charge < -0.3 is 5.11 Å². The van der Waals surface area contributed by atoms with Gasteiger partial charge in [0.15, 0.2) is 5.69 Å². The highest BCUT2D eigenvalue weighted by atomic mass is 32.2. The van der Waals surface area contributed by atoms with E-state index < -0.39 is 15.6 Å². The molecule has 90 valence electrons. The standard InChI is InChI=1S/C10H11N3O3S/c1-10(14)6-13(7-10)17(15,16)9-3-2-4-12-8(9)5-11/h2-4,14H,6-7H2,1H3. The topological polar surface area (TPSA) is 94.3 Å². The van der Waals surface area contributed by atoms with Crippen LogP contribution in [0.1, 0.15) is 12.6 Å². The lowest BCUT2D eigenvalue weighted by Gasteiger charge is -2.42. The Balaban J connectivity index is 2.38. The van der Waals surface area contributed by atoms with Crippen molar-refractivity contribution in [2.24, 2.45) is 0 Å². The van der Waals surface area contributed by atoms with Crippen LogP contribution in [0.25, 0.3) is 0 Å². The van der Waals surface area contributed by atoms with Crippen LogP contribution >= 0.6 is 0 Å². The number of aromatic nitrogens is 1. The number of rotatable bonds is 2. The Bertz CT molecular complexity index is 581. The SMILES string of the molecule is CC1(O)CN(S(=O)(=O)c2cccnc2C#N)C1. The molecule has 2 heterocycles. The Hall–Kier alpha value is -1.49. The smallest absolute Gasteiger partial charge is 0.246 e. The first-order valence-electron chi connectivity index (χ1n) is 4.94. The van der Waals surface area contributed by atoms with E-state index in [0.717, 1.165) is 4.31 Å². The fourth-order valence-corrected chi connectivity index (χ4v) is 3.47.